The van der Waals surface area contributed by atoms with E-state index in [1.54, 1.807) is 23.7 Å². The van der Waals surface area contributed by atoms with Gasteiger partial charge in [-0.15, -0.1) is 11.3 Å². The molecule has 1 aliphatic heterocycles. The summed E-state index contributed by atoms with van der Waals surface area (Å²) in [5, 5.41) is 9.13. The van der Waals surface area contributed by atoms with Gasteiger partial charge in [-0.1, -0.05) is 19.0 Å². The molecule has 0 radical (unpaired) electrons. The van der Waals surface area contributed by atoms with E-state index in [0.717, 1.165) is 16.9 Å². The van der Waals surface area contributed by atoms with Crippen LogP contribution in [0.2, 0.25) is 0 Å². The van der Waals surface area contributed by atoms with Crippen LogP contribution in [-0.4, -0.2) is 27.6 Å². The minimum atomic E-state index is -0.364. The summed E-state index contributed by atoms with van der Waals surface area (Å²) in [7, 11) is 0. The van der Waals surface area contributed by atoms with Gasteiger partial charge in [-0.05, 0) is 41.5 Å². The van der Waals surface area contributed by atoms with Gasteiger partial charge in [0.2, 0.25) is 17.6 Å². The lowest BCUT2D eigenvalue weighted by atomic mass is 10.0. The van der Waals surface area contributed by atoms with E-state index in [1.165, 1.54) is 5.56 Å². The zero-order chi connectivity index (χ0) is 19.5. The highest BCUT2D eigenvalue weighted by atomic mass is 32.1. The summed E-state index contributed by atoms with van der Waals surface area (Å²) in [6.07, 6.45) is 4.36. The lowest BCUT2D eigenvalue weighted by molar-refractivity contribution is -0.125. The molecule has 0 aromatic carbocycles. The molecule has 0 bridgehead atoms. The topological polar surface area (TPSA) is 90.1 Å². The zero-order valence-electron chi connectivity index (χ0n) is 15.8. The highest BCUT2D eigenvalue weighted by Gasteiger charge is 2.29. The first-order valence-corrected chi connectivity index (χ1v) is 10.2. The van der Waals surface area contributed by atoms with Crippen molar-refractivity contribution in [3.05, 3.63) is 52.3 Å². The molecule has 3 aromatic rings. The van der Waals surface area contributed by atoms with E-state index in [-0.39, 0.29) is 30.4 Å². The van der Waals surface area contributed by atoms with Gasteiger partial charge in [0.25, 0.3) is 0 Å². The Kier molecular flexibility index (Phi) is 5.50. The largest absolute Gasteiger partial charge is 0.372 e. The second-order valence-electron chi connectivity index (χ2n) is 7.11. The summed E-state index contributed by atoms with van der Waals surface area (Å²) < 4.78 is 11.3. The maximum atomic E-state index is 12.7. The SMILES string of the molecule is CC(C)[C@H](NC(=O)C[C@@H]1OCCc2ccsc21)c1nc(-c2cccnc2)no1. The van der Waals surface area contributed by atoms with Crippen molar-refractivity contribution in [3.8, 4) is 11.4 Å². The van der Waals surface area contributed by atoms with Gasteiger partial charge in [0.1, 0.15) is 12.1 Å². The fourth-order valence-electron chi connectivity index (χ4n) is 3.26. The van der Waals surface area contributed by atoms with Crippen LogP contribution in [0.5, 0.6) is 0 Å². The van der Waals surface area contributed by atoms with Gasteiger partial charge in [0.05, 0.1) is 13.0 Å². The molecule has 7 nitrogen and oxygen atoms in total. The molecule has 0 spiro atoms. The predicted octanol–water partition coefficient (Wildman–Crippen LogP) is 3.71. The van der Waals surface area contributed by atoms with Crippen LogP contribution in [-0.2, 0) is 16.0 Å². The Morgan fingerprint density at radius 3 is 3.07 bits per heavy atom. The van der Waals surface area contributed by atoms with Crippen molar-refractivity contribution in [2.24, 2.45) is 5.92 Å². The van der Waals surface area contributed by atoms with Crippen LogP contribution in [0, 0.1) is 5.92 Å². The normalized spacial score (nSPS) is 17.3. The second-order valence-corrected chi connectivity index (χ2v) is 8.06. The number of ether oxygens (including phenoxy) is 1. The predicted molar refractivity (Wildman–Crippen MR) is 105 cm³/mol. The molecule has 0 saturated carbocycles. The van der Waals surface area contributed by atoms with Gasteiger partial charge in [-0.2, -0.15) is 4.98 Å². The number of nitrogens with zero attached hydrogens (tertiary/aromatic N) is 3. The first-order chi connectivity index (χ1) is 13.6. The molecule has 4 heterocycles. The summed E-state index contributed by atoms with van der Waals surface area (Å²) in [6, 6.07) is 5.43. The highest BCUT2D eigenvalue weighted by molar-refractivity contribution is 7.10. The smallest absolute Gasteiger partial charge is 0.249 e. The Hall–Kier alpha value is -2.58. The molecular weight excluding hydrogens is 376 g/mol. The number of rotatable bonds is 6. The molecule has 28 heavy (non-hydrogen) atoms. The average molecular weight is 398 g/mol. The maximum absolute atomic E-state index is 12.7. The van der Waals surface area contributed by atoms with Crippen LogP contribution < -0.4 is 5.32 Å². The molecule has 3 aromatic heterocycles. The number of aromatic nitrogens is 3. The molecule has 0 unspecified atom stereocenters. The first-order valence-electron chi connectivity index (χ1n) is 9.33. The molecule has 1 amide bonds. The maximum Gasteiger partial charge on any atom is 0.249 e. The van der Waals surface area contributed by atoms with Crippen molar-refractivity contribution in [2.45, 2.75) is 38.8 Å². The van der Waals surface area contributed by atoms with Crippen LogP contribution in [0.4, 0.5) is 0 Å². The Morgan fingerprint density at radius 1 is 1.39 bits per heavy atom. The van der Waals surface area contributed by atoms with Crippen molar-refractivity contribution in [1.29, 1.82) is 0 Å². The van der Waals surface area contributed by atoms with E-state index in [1.807, 2.05) is 26.0 Å². The molecule has 1 N–H and O–H groups in total. The van der Waals surface area contributed by atoms with Crippen molar-refractivity contribution in [3.63, 3.8) is 0 Å². The average Bonchev–Trinajstić information content (AvgIpc) is 3.37. The summed E-state index contributed by atoms with van der Waals surface area (Å²) in [5.41, 5.74) is 2.06. The van der Waals surface area contributed by atoms with Crippen molar-refractivity contribution in [1.82, 2.24) is 20.4 Å². The molecule has 8 heteroatoms. The number of hydrogen-bond acceptors (Lipinski definition) is 7. The molecule has 146 valence electrons. The lowest BCUT2D eigenvalue weighted by Gasteiger charge is -2.24. The fourth-order valence-corrected chi connectivity index (χ4v) is 4.27. The fraction of sp³-hybridized carbons (Fsp3) is 0.400. The van der Waals surface area contributed by atoms with Crippen LogP contribution in [0.25, 0.3) is 11.4 Å². The van der Waals surface area contributed by atoms with E-state index < -0.39 is 0 Å². The van der Waals surface area contributed by atoms with Gasteiger partial charge < -0.3 is 14.6 Å². The van der Waals surface area contributed by atoms with E-state index in [2.05, 4.69) is 31.9 Å². The van der Waals surface area contributed by atoms with Crippen LogP contribution in [0.1, 0.15) is 48.7 Å². The molecule has 0 fully saturated rings. The number of nitrogens with one attached hydrogen (secondary N) is 1. The minimum Gasteiger partial charge on any atom is -0.372 e. The third kappa shape index (κ3) is 3.98. The Morgan fingerprint density at radius 2 is 2.29 bits per heavy atom. The molecule has 4 rings (SSSR count). The van der Waals surface area contributed by atoms with Gasteiger partial charge in [0.15, 0.2) is 0 Å². The number of pyridine rings is 1. The number of hydrogen-bond donors (Lipinski definition) is 1. The summed E-state index contributed by atoms with van der Waals surface area (Å²) in [4.78, 5) is 22.4. The van der Waals surface area contributed by atoms with Gasteiger partial charge in [-0.3, -0.25) is 9.78 Å². The van der Waals surface area contributed by atoms with E-state index in [0.29, 0.717) is 18.3 Å². The van der Waals surface area contributed by atoms with Crippen molar-refractivity contribution >= 4 is 17.2 Å². The van der Waals surface area contributed by atoms with E-state index in [9.17, 15) is 4.79 Å². The van der Waals surface area contributed by atoms with Crippen LogP contribution in [0.15, 0.2) is 40.5 Å². The number of fused-ring (bicyclic) bond motifs is 1. The van der Waals surface area contributed by atoms with Gasteiger partial charge in [0, 0.05) is 22.8 Å². The summed E-state index contributed by atoms with van der Waals surface area (Å²) in [5.74, 6) is 0.854. The first kappa shape index (κ1) is 18.8. The number of carbonyl (C=O) groups excluding carboxylic acids is 1. The number of thiophene rings is 1. The standard InChI is InChI=1S/C20H22N4O3S/c1-12(2)17(20-23-19(24-27-20)14-4-3-7-21-11-14)22-16(25)10-15-18-13(5-8-26-15)6-9-28-18/h3-4,6-7,9,11-12,15,17H,5,8,10H2,1-2H3,(H,22,25)/t15-,17-/m0/s1. The monoisotopic (exact) mass is 398 g/mol. The van der Waals surface area contributed by atoms with E-state index in [4.69, 9.17) is 9.26 Å². The number of amides is 1. The van der Waals surface area contributed by atoms with E-state index >= 15 is 0 Å². The van der Waals surface area contributed by atoms with Gasteiger partial charge in [-0.25, -0.2) is 0 Å². The minimum absolute atomic E-state index is 0.0916. The van der Waals surface area contributed by atoms with Crippen LogP contribution >= 0.6 is 11.3 Å². The Balaban J connectivity index is 1.46. The van der Waals surface area contributed by atoms with Crippen molar-refractivity contribution in [2.75, 3.05) is 6.61 Å². The number of carbonyl (C=O) groups is 1. The third-order valence-electron chi connectivity index (χ3n) is 4.75. The highest BCUT2D eigenvalue weighted by Crippen LogP contribution is 2.34. The molecular formula is C20H22N4O3S. The van der Waals surface area contributed by atoms with Crippen molar-refractivity contribution < 1.29 is 14.1 Å². The second kappa shape index (κ2) is 8.20. The summed E-state index contributed by atoms with van der Waals surface area (Å²) >= 11 is 1.65. The third-order valence-corrected chi connectivity index (χ3v) is 5.80. The van der Waals surface area contributed by atoms with Gasteiger partial charge >= 0.3 is 0 Å². The molecule has 2 atom stereocenters. The summed E-state index contributed by atoms with van der Waals surface area (Å²) in [6.45, 7) is 4.66. The molecule has 0 aliphatic carbocycles. The molecule has 0 saturated heterocycles. The molecule has 1 aliphatic rings. The lowest BCUT2D eigenvalue weighted by Crippen LogP contribution is -2.33. The Labute approximate surface area is 167 Å². The quantitative estimate of drug-likeness (QED) is 0.681. The Bertz CT molecular complexity index is 938. The zero-order valence-corrected chi connectivity index (χ0v) is 16.6. The van der Waals surface area contributed by atoms with Crippen LogP contribution in [0.3, 0.4) is 0 Å².